The van der Waals surface area contributed by atoms with Crippen molar-refractivity contribution in [1.29, 1.82) is 0 Å². The van der Waals surface area contributed by atoms with E-state index >= 15 is 0 Å². The fourth-order valence-corrected chi connectivity index (χ4v) is 2.37. The first kappa shape index (κ1) is 13.1. The highest BCUT2D eigenvalue weighted by Crippen LogP contribution is 2.21. The van der Waals surface area contributed by atoms with Gasteiger partial charge in [0.15, 0.2) is 0 Å². The highest BCUT2D eigenvalue weighted by Gasteiger charge is 2.04. The van der Waals surface area contributed by atoms with E-state index < -0.39 is 0 Å². The number of aromatic nitrogens is 1. The van der Waals surface area contributed by atoms with Crippen molar-refractivity contribution in [1.82, 2.24) is 4.57 Å². The SMILES string of the molecule is OCCCCCCn1ccc2c(CO)cccc21. The van der Waals surface area contributed by atoms with Crippen molar-refractivity contribution in [2.75, 3.05) is 6.61 Å². The third-order valence-corrected chi connectivity index (χ3v) is 3.38. The zero-order valence-electron chi connectivity index (χ0n) is 10.7. The van der Waals surface area contributed by atoms with Crippen molar-refractivity contribution in [2.45, 2.75) is 38.8 Å². The van der Waals surface area contributed by atoms with Crippen LogP contribution in [0.1, 0.15) is 31.2 Å². The molecule has 0 spiro atoms. The Morgan fingerprint density at radius 1 is 0.944 bits per heavy atom. The van der Waals surface area contributed by atoms with Gasteiger partial charge in [-0.2, -0.15) is 0 Å². The number of fused-ring (bicyclic) bond motifs is 1. The standard InChI is InChI=1S/C15H21NO2/c17-11-4-2-1-3-9-16-10-8-14-13(12-18)6-5-7-15(14)16/h5-8,10,17-18H,1-4,9,11-12H2. The summed E-state index contributed by atoms with van der Waals surface area (Å²) < 4.78 is 2.24. The summed E-state index contributed by atoms with van der Waals surface area (Å²) in [5.74, 6) is 0. The molecule has 0 aliphatic carbocycles. The van der Waals surface area contributed by atoms with Crippen LogP contribution >= 0.6 is 0 Å². The molecule has 1 aromatic carbocycles. The van der Waals surface area contributed by atoms with Crippen molar-refractivity contribution in [3.63, 3.8) is 0 Å². The minimum Gasteiger partial charge on any atom is -0.396 e. The number of aliphatic hydroxyl groups excluding tert-OH is 2. The summed E-state index contributed by atoms with van der Waals surface area (Å²) in [6.45, 7) is 1.40. The number of rotatable bonds is 7. The van der Waals surface area contributed by atoms with Gasteiger partial charge in [0.1, 0.15) is 0 Å². The average molecular weight is 247 g/mol. The molecule has 2 rings (SSSR count). The van der Waals surface area contributed by atoms with E-state index in [0.717, 1.165) is 43.2 Å². The monoisotopic (exact) mass is 247 g/mol. The zero-order valence-corrected chi connectivity index (χ0v) is 10.7. The Labute approximate surface area is 108 Å². The lowest BCUT2D eigenvalue weighted by atomic mass is 10.1. The fourth-order valence-electron chi connectivity index (χ4n) is 2.37. The molecular weight excluding hydrogens is 226 g/mol. The molecule has 98 valence electrons. The highest BCUT2D eigenvalue weighted by molar-refractivity contribution is 5.83. The number of aryl methyl sites for hydroxylation is 1. The summed E-state index contributed by atoms with van der Waals surface area (Å²) in [4.78, 5) is 0. The maximum atomic E-state index is 9.29. The van der Waals surface area contributed by atoms with Crippen LogP contribution in [0.5, 0.6) is 0 Å². The maximum absolute atomic E-state index is 9.29. The molecule has 3 nitrogen and oxygen atoms in total. The van der Waals surface area contributed by atoms with E-state index in [-0.39, 0.29) is 6.61 Å². The van der Waals surface area contributed by atoms with Crippen LogP contribution in [-0.4, -0.2) is 21.4 Å². The zero-order chi connectivity index (χ0) is 12.8. The van der Waals surface area contributed by atoms with Gasteiger partial charge in [-0.05, 0) is 30.5 Å². The summed E-state index contributed by atoms with van der Waals surface area (Å²) in [7, 11) is 0. The van der Waals surface area contributed by atoms with E-state index in [0.29, 0.717) is 6.61 Å². The molecule has 0 aliphatic rings. The van der Waals surface area contributed by atoms with Gasteiger partial charge in [-0.25, -0.2) is 0 Å². The molecule has 0 radical (unpaired) electrons. The molecule has 0 bridgehead atoms. The molecule has 2 N–H and O–H groups in total. The van der Waals surface area contributed by atoms with E-state index in [9.17, 15) is 5.11 Å². The molecule has 2 aromatic rings. The first-order valence-corrected chi connectivity index (χ1v) is 6.65. The van der Waals surface area contributed by atoms with Crippen LogP contribution in [0.4, 0.5) is 0 Å². The third-order valence-electron chi connectivity index (χ3n) is 3.38. The van der Waals surface area contributed by atoms with Crippen molar-refractivity contribution in [3.8, 4) is 0 Å². The predicted octanol–water partition coefficient (Wildman–Crippen LogP) is 2.69. The minimum atomic E-state index is 0.0951. The molecule has 0 saturated carbocycles. The van der Waals surface area contributed by atoms with Crippen molar-refractivity contribution < 1.29 is 10.2 Å². The highest BCUT2D eigenvalue weighted by atomic mass is 16.3. The van der Waals surface area contributed by atoms with Crippen molar-refractivity contribution in [3.05, 3.63) is 36.0 Å². The lowest BCUT2D eigenvalue weighted by Gasteiger charge is -2.06. The molecular formula is C15H21NO2. The van der Waals surface area contributed by atoms with Gasteiger partial charge < -0.3 is 14.8 Å². The molecule has 3 heteroatoms. The van der Waals surface area contributed by atoms with E-state index in [1.165, 1.54) is 5.52 Å². The second-order valence-corrected chi connectivity index (χ2v) is 4.66. The molecule has 1 heterocycles. The topological polar surface area (TPSA) is 45.4 Å². The molecule has 18 heavy (non-hydrogen) atoms. The van der Waals surface area contributed by atoms with Crippen LogP contribution in [0.25, 0.3) is 10.9 Å². The third kappa shape index (κ3) is 2.92. The Kier molecular flexibility index (Phi) is 4.79. The Morgan fingerprint density at radius 3 is 2.56 bits per heavy atom. The van der Waals surface area contributed by atoms with E-state index in [2.05, 4.69) is 22.9 Å². The van der Waals surface area contributed by atoms with E-state index in [1.54, 1.807) is 0 Å². The van der Waals surface area contributed by atoms with Crippen molar-refractivity contribution in [2.24, 2.45) is 0 Å². The van der Waals surface area contributed by atoms with Crippen LogP contribution in [-0.2, 0) is 13.2 Å². The second-order valence-electron chi connectivity index (χ2n) is 4.66. The molecule has 0 unspecified atom stereocenters. The lowest BCUT2D eigenvalue weighted by molar-refractivity contribution is 0.282. The van der Waals surface area contributed by atoms with Gasteiger partial charge in [-0.1, -0.05) is 25.0 Å². The van der Waals surface area contributed by atoms with Crippen molar-refractivity contribution >= 4 is 10.9 Å². The summed E-state index contributed by atoms with van der Waals surface area (Å²) in [5.41, 5.74) is 2.19. The van der Waals surface area contributed by atoms with Crippen LogP contribution < -0.4 is 0 Å². The normalized spacial score (nSPS) is 11.2. The minimum absolute atomic E-state index is 0.0951. The van der Waals surface area contributed by atoms with Gasteiger partial charge in [0, 0.05) is 30.3 Å². The summed E-state index contributed by atoms with van der Waals surface area (Å²) in [5, 5.41) is 19.2. The Morgan fingerprint density at radius 2 is 1.78 bits per heavy atom. The largest absolute Gasteiger partial charge is 0.396 e. The fraction of sp³-hybridized carbons (Fsp3) is 0.467. The molecule has 0 saturated heterocycles. The molecule has 0 aliphatic heterocycles. The van der Waals surface area contributed by atoms with Gasteiger partial charge in [-0.15, -0.1) is 0 Å². The Balaban J connectivity index is 2.01. The second kappa shape index (κ2) is 6.57. The maximum Gasteiger partial charge on any atom is 0.0688 e. The Bertz CT molecular complexity index is 490. The van der Waals surface area contributed by atoms with Gasteiger partial charge in [-0.3, -0.25) is 0 Å². The number of benzene rings is 1. The van der Waals surface area contributed by atoms with Crippen LogP contribution in [0.2, 0.25) is 0 Å². The van der Waals surface area contributed by atoms with Gasteiger partial charge in [0.25, 0.3) is 0 Å². The van der Waals surface area contributed by atoms with E-state index in [4.69, 9.17) is 5.11 Å². The van der Waals surface area contributed by atoms with Gasteiger partial charge in [0.2, 0.25) is 0 Å². The van der Waals surface area contributed by atoms with E-state index in [1.807, 2.05) is 12.1 Å². The summed E-state index contributed by atoms with van der Waals surface area (Å²) >= 11 is 0. The van der Waals surface area contributed by atoms with Crippen LogP contribution in [0.15, 0.2) is 30.5 Å². The first-order valence-electron chi connectivity index (χ1n) is 6.65. The number of aliphatic hydroxyl groups is 2. The molecule has 0 fully saturated rings. The molecule has 0 atom stereocenters. The van der Waals surface area contributed by atoms with Gasteiger partial charge in [0.05, 0.1) is 6.61 Å². The average Bonchev–Trinajstić information content (AvgIpc) is 2.82. The van der Waals surface area contributed by atoms with Crippen LogP contribution in [0.3, 0.4) is 0 Å². The number of hydrogen-bond donors (Lipinski definition) is 2. The smallest absolute Gasteiger partial charge is 0.0688 e. The quantitative estimate of drug-likeness (QED) is 0.739. The van der Waals surface area contributed by atoms with Gasteiger partial charge >= 0.3 is 0 Å². The Hall–Kier alpha value is -1.32. The number of nitrogens with zero attached hydrogens (tertiary/aromatic N) is 1. The van der Waals surface area contributed by atoms with Crippen LogP contribution in [0, 0.1) is 0 Å². The predicted molar refractivity (Wildman–Crippen MR) is 73.4 cm³/mol. The molecule has 1 aromatic heterocycles. The molecule has 0 amide bonds. The summed E-state index contributed by atoms with van der Waals surface area (Å²) in [6.07, 6.45) is 6.38. The number of hydrogen-bond acceptors (Lipinski definition) is 2. The first-order chi connectivity index (χ1) is 8.86. The summed E-state index contributed by atoms with van der Waals surface area (Å²) in [6, 6.07) is 8.14. The lowest BCUT2D eigenvalue weighted by Crippen LogP contribution is -1.96. The number of unbranched alkanes of at least 4 members (excludes halogenated alkanes) is 3.